The van der Waals surface area contributed by atoms with Crippen LogP contribution in [0.25, 0.3) is 0 Å². The summed E-state index contributed by atoms with van der Waals surface area (Å²) in [6.07, 6.45) is -7.00. The zero-order valence-electron chi connectivity index (χ0n) is 25.6. The Balaban J connectivity index is 1.35. The normalized spacial score (nSPS) is 24.6. The van der Waals surface area contributed by atoms with Crippen molar-refractivity contribution in [2.45, 2.75) is 56.0 Å². The van der Waals surface area contributed by atoms with Gasteiger partial charge in [0.1, 0.15) is 5.82 Å². The summed E-state index contributed by atoms with van der Waals surface area (Å²) in [5, 5.41) is 0. The second kappa shape index (κ2) is 13.4. The summed E-state index contributed by atoms with van der Waals surface area (Å²) in [5.41, 5.74) is -3.01. The summed E-state index contributed by atoms with van der Waals surface area (Å²) in [7, 11) is 2.51. The molecule has 2 aromatic rings. The maximum Gasteiger partial charge on any atom is 0.416 e. The van der Waals surface area contributed by atoms with Gasteiger partial charge >= 0.3 is 18.4 Å². The summed E-state index contributed by atoms with van der Waals surface area (Å²) < 4.78 is 100. The number of benzene rings is 2. The zero-order chi connectivity index (χ0) is 33.4. The highest BCUT2D eigenvalue weighted by Crippen LogP contribution is 2.39. The number of morpholine rings is 1. The fourth-order valence-corrected chi connectivity index (χ4v) is 6.91. The highest BCUT2D eigenvalue weighted by atomic mass is 19.4. The summed E-state index contributed by atoms with van der Waals surface area (Å²) in [4.78, 5) is 33.5. The third-order valence-electron chi connectivity index (χ3n) is 9.55. The molecule has 2 atom stereocenters. The second-order valence-electron chi connectivity index (χ2n) is 12.3. The van der Waals surface area contributed by atoms with Gasteiger partial charge in [0.25, 0.3) is 0 Å². The molecular weight excluding hydrogens is 621 g/mol. The van der Waals surface area contributed by atoms with E-state index in [9.17, 15) is 40.3 Å². The second-order valence-corrected chi connectivity index (χ2v) is 12.3. The molecule has 0 bridgehead atoms. The Hall–Kier alpha value is -3.39. The van der Waals surface area contributed by atoms with Crippen LogP contribution in [0.1, 0.15) is 48.3 Å². The third kappa shape index (κ3) is 7.43. The molecule has 3 aliphatic rings. The van der Waals surface area contributed by atoms with Crippen molar-refractivity contribution < 1.29 is 45.1 Å². The van der Waals surface area contributed by atoms with E-state index in [0.29, 0.717) is 49.8 Å². The standard InChI is InChI=1S/C32H37F7N4O3/c1-40(26-16-22(31(34,35)36)15-23(17-26)32(37,38)39)30(45)41(2)28-19-43(18-27(28)20-3-7-24(33)8-4-20)29(44)21-5-9-25(10-6-21)42-11-13-46-14-12-42/h3-4,7-8,15-17,21,25,27-28H,5-6,9-14,18-19H2,1-2H3/t21?,25?,27-,28+/m0/s1. The number of ether oxygens (including phenoxy) is 1. The summed E-state index contributed by atoms with van der Waals surface area (Å²) in [5.74, 6) is -1.21. The van der Waals surface area contributed by atoms with E-state index < -0.39 is 53.0 Å². The van der Waals surface area contributed by atoms with Crippen LogP contribution in [0.2, 0.25) is 0 Å². The predicted molar refractivity (Wildman–Crippen MR) is 156 cm³/mol. The first-order valence-electron chi connectivity index (χ1n) is 15.3. The highest BCUT2D eigenvalue weighted by Gasteiger charge is 2.44. The molecule has 7 nitrogen and oxygen atoms in total. The van der Waals surface area contributed by atoms with E-state index in [2.05, 4.69) is 4.90 Å². The van der Waals surface area contributed by atoms with E-state index in [-0.39, 0.29) is 31.0 Å². The molecule has 2 saturated heterocycles. The van der Waals surface area contributed by atoms with Gasteiger partial charge < -0.3 is 14.5 Å². The molecule has 1 saturated carbocycles. The van der Waals surface area contributed by atoms with Gasteiger partial charge in [0.15, 0.2) is 0 Å². The minimum absolute atomic E-state index is 0.00493. The maximum atomic E-state index is 13.8. The molecule has 0 aromatic heterocycles. The first-order valence-corrected chi connectivity index (χ1v) is 15.3. The minimum Gasteiger partial charge on any atom is -0.379 e. The summed E-state index contributed by atoms with van der Waals surface area (Å²) >= 11 is 0. The lowest BCUT2D eigenvalue weighted by atomic mass is 9.84. The summed E-state index contributed by atoms with van der Waals surface area (Å²) in [6, 6.07) is 5.49. The van der Waals surface area contributed by atoms with Gasteiger partial charge in [-0.05, 0) is 61.6 Å². The number of alkyl halides is 6. The van der Waals surface area contributed by atoms with E-state index in [1.807, 2.05) is 0 Å². The van der Waals surface area contributed by atoms with Crippen molar-refractivity contribution in [3.8, 4) is 0 Å². The quantitative estimate of drug-likeness (QED) is 0.358. The lowest BCUT2D eigenvalue weighted by Crippen LogP contribution is -2.48. The number of carbonyl (C=O) groups excluding carboxylic acids is 2. The molecule has 0 radical (unpaired) electrons. The Labute approximate surface area is 262 Å². The molecule has 2 aliphatic heterocycles. The number of halogens is 7. The Morgan fingerprint density at radius 3 is 1.93 bits per heavy atom. The van der Waals surface area contributed by atoms with Crippen molar-refractivity contribution in [2.24, 2.45) is 5.92 Å². The number of carbonyl (C=O) groups is 2. The van der Waals surface area contributed by atoms with Gasteiger partial charge in [0.05, 0.1) is 30.4 Å². The lowest BCUT2D eigenvalue weighted by molar-refractivity contribution is -0.143. The molecule has 3 fully saturated rings. The molecular formula is C32H37F7N4O3. The minimum atomic E-state index is -5.08. The molecule has 5 rings (SSSR count). The molecule has 2 aromatic carbocycles. The van der Waals surface area contributed by atoms with Crippen LogP contribution in [-0.4, -0.2) is 92.2 Å². The maximum absolute atomic E-state index is 13.8. The number of hydrogen-bond acceptors (Lipinski definition) is 4. The van der Waals surface area contributed by atoms with Crippen molar-refractivity contribution in [1.82, 2.24) is 14.7 Å². The molecule has 46 heavy (non-hydrogen) atoms. The Morgan fingerprint density at radius 2 is 1.39 bits per heavy atom. The topological polar surface area (TPSA) is 56.3 Å². The Morgan fingerprint density at radius 1 is 0.826 bits per heavy atom. The summed E-state index contributed by atoms with van der Waals surface area (Å²) in [6.45, 7) is 3.44. The predicted octanol–water partition coefficient (Wildman–Crippen LogP) is 6.24. The van der Waals surface area contributed by atoms with E-state index in [4.69, 9.17) is 4.74 Å². The van der Waals surface area contributed by atoms with Gasteiger partial charge in [-0.25, -0.2) is 9.18 Å². The molecule has 0 unspecified atom stereocenters. The van der Waals surface area contributed by atoms with Crippen LogP contribution in [0, 0.1) is 11.7 Å². The first kappa shape index (κ1) is 34.0. The van der Waals surface area contributed by atoms with E-state index in [1.54, 1.807) is 17.0 Å². The first-order chi connectivity index (χ1) is 21.6. The molecule has 0 spiro atoms. The van der Waals surface area contributed by atoms with Crippen molar-refractivity contribution >= 4 is 17.6 Å². The van der Waals surface area contributed by atoms with E-state index in [1.165, 1.54) is 24.1 Å². The Kier molecular flexibility index (Phi) is 9.88. The smallest absolute Gasteiger partial charge is 0.379 e. The number of rotatable bonds is 5. The van der Waals surface area contributed by atoms with E-state index >= 15 is 0 Å². The number of nitrogens with zero attached hydrogens (tertiary/aromatic N) is 4. The van der Waals surface area contributed by atoms with Crippen LogP contribution in [0.3, 0.4) is 0 Å². The number of likely N-dealkylation sites (tertiary alicyclic amines) is 1. The number of anilines is 1. The molecule has 2 heterocycles. The van der Waals surface area contributed by atoms with Crippen molar-refractivity contribution in [3.05, 3.63) is 65.0 Å². The van der Waals surface area contributed by atoms with Gasteiger partial charge in [-0.3, -0.25) is 14.6 Å². The van der Waals surface area contributed by atoms with Crippen LogP contribution < -0.4 is 4.90 Å². The number of urea groups is 1. The number of likely N-dealkylation sites (N-methyl/N-ethyl adjacent to an activating group) is 1. The lowest BCUT2D eigenvalue weighted by Gasteiger charge is -2.39. The van der Waals surface area contributed by atoms with Crippen LogP contribution >= 0.6 is 0 Å². The number of amides is 3. The highest BCUT2D eigenvalue weighted by molar-refractivity contribution is 5.92. The third-order valence-corrected chi connectivity index (χ3v) is 9.55. The fourth-order valence-electron chi connectivity index (χ4n) is 6.91. The Bertz CT molecular complexity index is 1360. The molecule has 252 valence electrons. The van der Waals surface area contributed by atoms with Gasteiger partial charge in [0, 0.05) is 63.8 Å². The van der Waals surface area contributed by atoms with Crippen molar-refractivity contribution in [2.75, 3.05) is 58.4 Å². The van der Waals surface area contributed by atoms with Crippen LogP contribution in [-0.2, 0) is 21.9 Å². The number of hydrogen-bond donors (Lipinski definition) is 0. The molecule has 3 amide bonds. The van der Waals surface area contributed by atoms with Gasteiger partial charge in [-0.1, -0.05) is 12.1 Å². The van der Waals surface area contributed by atoms with Crippen molar-refractivity contribution in [3.63, 3.8) is 0 Å². The van der Waals surface area contributed by atoms with Gasteiger partial charge in [-0.2, -0.15) is 26.3 Å². The average Bonchev–Trinajstić information content (AvgIpc) is 3.48. The SMILES string of the molecule is CN(C(=O)N(C)[C@@H]1CN(C(=O)C2CCC(N3CCOCC3)CC2)C[C@H]1c1ccc(F)cc1)c1cc(C(F)(F)F)cc(C(F)(F)F)c1. The zero-order valence-corrected chi connectivity index (χ0v) is 25.6. The molecule has 14 heteroatoms. The molecule has 1 aliphatic carbocycles. The van der Waals surface area contributed by atoms with E-state index in [0.717, 1.165) is 37.9 Å². The molecule has 0 N–H and O–H groups in total. The fraction of sp³-hybridized carbons (Fsp3) is 0.562. The average molecular weight is 659 g/mol. The largest absolute Gasteiger partial charge is 0.416 e. The van der Waals surface area contributed by atoms with Gasteiger partial charge in [-0.15, -0.1) is 0 Å². The van der Waals surface area contributed by atoms with Crippen LogP contribution in [0.15, 0.2) is 42.5 Å². The monoisotopic (exact) mass is 658 g/mol. The van der Waals surface area contributed by atoms with Crippen LogP contribution in [0.4, 0.5) is 41.2 Å². The van der Waals surface area contributed by atoms with Crippen molar-refractivity contribution in [1.29, 1.82) is 0 Å². The van der Waals surface area contributed by atoms with Crippen LogP contribution in [0.5, 0.6) is 0 Å². The van der Waals surface area contributed by atoms with Gasteiger partial charge in [0.2, 0.25) is 5.91 Å².